The lowest BCUT2D eigenvalue weighted by Crippen LogP contribution is -2.33. The number of nitrogens with one attached hydrogen (secondary N) is 1. The average Bonchev–Trinajstić information content (AvgIpc) is 3.22. The molecule has 1 N–H and O–H groups in total. The van der Waals surface area contributed by atoms with Crippen LogP contribution in [0, 0.1) is 0 Å². The highest BCUT2D eigenvalue weighted by atomic mass is 79.9. The van der Waals surface area contributed by atoms with E-state index in [1.54, 1.807) is 0 Å². The molecule has 0 bridgehead atoms. The van der Waals surface area contributed by atoms with Gasteiger partial charge < -0.3 is 0 Å². The molecule has 4 aromatic carbocycles. The molecule has 0 atom stereocenters. The van der Waals surface area contributed by atoms with Gasteiger partial charge in [-0.1, -0.05) is 66.7 Å². The minimum atomic E-state index is -2.00. The van der Waals surface area contributed by atoms with Gasteiger partial charge in [-0.25, -0.2) is 0 Å². The van der Waals surface area contributed by atoms with Crippen LogP contribution >= 0.6 is 23.2 Å². The Bertz CT molecular complexity index is 1240. The van der Waals surface area contributed by atoms with E-state index in [2.05, 4.69) is 129 Å². The number of aromatic nitrogens is 2. The predicted molar refractivity (Wildman–Crippen MR) is 133 cm³/mol. The van der Waals surface area contributed by atoms with Crippen LogP contribution in [0.5, 0.6) is 0 Å². The summed E-state index contributed by atoms with van der Waals surface area (Å²) in [7, 11) is -2.00. The molecule has 30 heavy (non-hydrogen) atoms. The zero-order valence-corrected chi connectivity index (χ0v) is 18.9. The number of rotatable bonds is 5. The van der Waals surface area contributed by atoms with Gasteiger partial charge in [0.2, 0.25) is 0 Å². The first-order valence-corrected chi connectivity index (χ1v) is 12.7. The lowest BCUT2D eigenvalue weighted by Gasteiger charge is -2.28. The van der Waals surface area contributed by atoms with Crippen LogP contribution in [0.15, 0.2) is 114 Å². The number of H-pyrrole nitrogens is 1. The summed E-state index contributed by atoms with van der Waals surface area (Å²) in [5.41, 5.74) is 2.20. The van der Waals surface area contributed by atoms with Crippen molar-refractivity contribution < 1.29 is 0 Å². The number of benzene rings is 4. The molecule has 0 spiro atoms. The molecule has 0 radical (unpaired) electrons. The van der Waals surface area contributed by atoms with Crippen LogP contribution in [0.1, 0.15) is 5.69 Å². The Morgan fingerprint density at radius 1 is 0.667 bits per heavy atom. The van der Waals surface area contributed by atoms with E-state index < -0.39 is 7.26 Å². The van der Waals surface area contributed by atoms with E-state index in [1.807, 2.05) is 6.07 Å². The first-order chi connectivity index (χ1) is 14.8. The van der Waals surface area contributed by atoms with Gasteiger partial charge in [-0.3, -0.25) is 5.10 Å². The summed E-state index contributed by atoms with van der Waals surface area (Å²) in [5.74, 6) is 0. The van der Waals surface area contributed by atoms with Crippen molar-refractivity contribution in [2.45, 2.75) is 6.16 Å². The molecule has 4 heteroatoms. The average molecular weight is 472 g/mol. The number of halogens is 1. The maximum Gasteiger partial charge on any atom is 0.119 e. The van der Waals surface area contributed by atoms with E-state index in [-0.39, 0.29) is 0 Å². The summed E-state index contributed by atoms with van der Waals surface area (Å²) >= 11 is 3.88. The van der Waals surface area contributed by atoms with E-state index in [1.165, 1.54) is 27.0 Å². The van der Waals surface area contributed by atoms with Gasteiger partial charge in [-0.05, 0) is 58.4 Å². The third kappa shape index (κ3) is 3.29. The van der Waals surface area contributed by atoms with Gasteiger partial charge >= 0.3 is 0 Å². The molecule has 1 aromatic heterocycles. The van der Waals surface area contributed by atoms with Crippen molar-refractivity contribution in [3.8, 4) is 0 Å². The number of para-hydroxylation sites is 1. The fourth-order valence-corrected chi connectivity index (χ4v) is 9.63. The van der Waals surface area contributed by atoms with Crippen LogP contribution < -0.4 is 15.9 Å². The summed E-state index contributed by atoms with van der Waals surface area (Å²) in [6.07, 6.45) is 0.879. The van der Waals surface area contributed by atoms with E-state index in [4.69, 9.17) is 0 Å². The van der Waals surface area contributed by atoms with Gasteiger partial charge in [0.05, 0.1) is 15.7 Å². The van der Waals surface area contributed by atoms with Crippen molar-refractivity contribution in [2.75, 3.05) is 0 Å². The second-order valence-electron chi connectivity index (χ2n) is 7.31. The Morgan fingerprint density at radius 2 is 1.23 bits per heavy atom. The third-order valence-corrected chi connectivity index (χ3v) is 11.0. The van der Waals surface area contributed by atoms with Crippen molar-refractivity contribution in [3.05, 3.63) is 119 Å². The minimum Gasteiger partial charge on any atom is -0.278 e. The monoisotopic (exact) mass is 471 g/mol. The van der Waals surface area contributed by atoms with Gasteiger partial charge in [0.1, 0.15) is 29.3 Å². The number of aromatic amines is 1. The SMILES string of the molecule is Brc1ccccc1[P+](Cc1[nH]nc2ccccc12)(c1ccccc1)c1ccccc1. The maximum absolute atomic E-state index is 4.59. The normalized spacial score (nSPS) is 11.6. The van der Waals surface area contributed by atoms with Crippen LogP contribution in [-0.4, -0.2) is 10.2 Å². The van der Waals surface area contributed by atoms with E-state index in [9.17, 15) is 0 Å². The van der Waals surface area contributed by atoms with Crippen LogP contribution in [-0.2, 0) is 6.16 Å². The van der Waals surface area contributed by atoms with Crippen molar-refractivity contribution in [1.82, 2.24) is 10.2 Å². The standard InChI is InChI=1S/C26H21BrN2P/c27-23-16-8-10-18-26(23)30(20-11-3-1-4-12-20,21-13-5-2-6-14-21)19-25-22-15-7-9-17-24(22)28-29-25/h1-18H,19H2,(H,28,29)/q+1. The molecule has 0 aliphatic carbocycles. The summed E-state index contributed by atoms with van der Waals surface area (Å²) < 4.78 is 1.15. The highest BCUT2D eigenvalue weighted by Crippen LogP contribution is 2.59. The Hall–Kier alpha value is -2.74. The smallest absolute Gasteiger partial charge is 0.119 e. The lowest BCUT2D eigenvalue weighted by molar-refractivity contribution is 1.05. The van der Waals surface area contributed by atoms with Crippen molar-refractivity contribution in [1.29, 1.82) is 0 Å². The molecule has 0 fully saturated rings. The molecule has 1 heterocycles. The van der Waals surface area contributed by atoms with Gasteiger partial charge in [0.15, 0.2) is 0 Å². The quantitative estimate of drug-likeness (QED) is 0.321. The third-order valence-electron chi connectivity index (χ3n) is 5.59. The van der Waals surface area contributed by atoms with Crippen LogP contribution in [0.4, 0.5) is 0 Å². The predicted octanol–water partition coefficient (Wildman–Crippen LogP) is 5.82. The zero-order chi connectivity index (χ0) is 20.4. The molecule has 0 aliphatic rings. The molecule has 5 aromatic rings. The van der Waals surface area contributed by atoms with Gasteiger partial charge in [0, 0.05) is 5.39 Å². The Balaban J connectivity index is 1.83. The number of fused-ring (bicyclic) bond motifs is 1. The highest BCUT2D eigenvalue weighted by Gasteiger charge is 2.47. The molecular weight excluding hydrogens is 451 g/mol. The summed E-state index contributed by atoms with van der Waals surface area (Å²) in [6, 6.07) is 38.9. The van der Waals surface area contributed by atoms with Crippen LogP contribution in [0.2, 0.25) is 0 Å². The summed E-state index contributed by atoms with van der Waals surface area (Å²) in [4.78, 5) is 0. The van der Waals surface area contributed by atoms with Crippen LogP contribution in [0.3, 0.4) is 0 Å². The molecule has 0 unspecified atom stereocenters. The second-order valence-corrected chi connectivity index (χ2v) is 11.6. The molecule has 5 rings (SSSR count). The fourth-order valence-electron chi connectivity index (χ4n) is 4.19. The first kappa shape index (κ1) is 19.2. The van der Waals surface area contributed by atoms with Crippen LogP contribution in [0.25, 0.3) is 10.9 Å². The van der Waals surface area contributed by atoms with Gasteiger partial charge in [-0.15, -0.1) is 0 Å². The van der Waals surface area contributed by atoms with E-state index in [0.29, 0.717) is 0 Å². The number of hydrogen-bond donors (Lipinski definition) is 1. The number of nitrogens with zero attached hydrogens (tertiary/aromatic N) is 1. The highest BCUT2D eigenvalue weighted by molar-refractivity contribution is 9.10. The van der Waals surface area contributed by atoms with Crippen molar-refractivity contribution in [2.24, 2.45) is 0 Å². The van der Waals surface area contributed by atoms with E-state index in [0.717, 1.165) is 16.2 Å². The largest absolute Gasteiger partial charge is 0.278 e. The maximum atomic E-state index is 4.59. The second kappa shape index (κ2) is 8.18. The van der Waals surface area contributed by atoms with Gasteiger partial charge in [0.25, 0.3) is 0 Å². The molecule has 0 saturated heterocycles. The molecule has 0 amide bonds. The summed E-state index contributed by atoms with van der Waals surface area (Å²) in [6.45, 7) is 0. The Morgan fingerprint density at radius 3 is 1.90 bits per heavy atom. The lowest BCUT2D eigenvalue weighted by atomic mass is 10.2. The van der Waals surface area contributed by atoms with Crippen molar-refractivity contribution >= 4 is 50.0 Å². The zero-order valence-electron chi connectivity index (χ0n) is 16.4. The molecule has 0 saturated carbocycles. The molecular formula is C26H21BrN2P+. The summed E-state index contributed by atoms with van der Waals surface area (Å²) in [5, 5.41) is 13.2. The molecule has 0 aliphatic heterocycles. The minimum absolute atomic E-state index is 0.879. The Kier molecular flexibility index (Phi) is 5.25. The fraction of sp³-hybridized carbons (Fsp3) is 0.0385. The topological polar surface area (TPSA) is 28.7 Å². The molecule has 146 valence electrons. The first-order valence-electron chi connectivity index (χ1n) is 9.95. The van der Waals surface area contributed by atoms with E-state index >= 15 is 0 Å². The molecule has 2 nitrogen and oxygen atoms in total. The Labute approximate surface area is 185 Å². The number of hydrogen-bond acceptors (Lipinski definition) is 1. The van der Waals surface area contributed by atoms with Gasteiger partial charge in [-0.2, -0.15) is 5.10 Å². The van der Waals surface area contributed by atoms with Crippen molar-refractivity contribution in [3.63, 3.8) is 0 Å².